The van der Waals surface area contributed by atoms with Gasteiger partial charge in [0.15, 0.2) is 0 Å². The third-order valence-electron chi connectivity index (χ3n) is 3.20. The minimum atomic E-state index is -1.23. The van der Waals surface area contributed by atoms with Gasteiger partial charge in [-0.1, -0.05) is 33.1 Å². The molecule has 7 nitrogen and oxygen atoms in total. The van der Waals surface area contributed by atoms with E-state index in [1.54, 1.807) is 0 Å². The average molecular weight is 295 g/mol. The Morgan fingerprint density at radius 3 is 2.67 bits per heavy atom. The number of hydrogen-bond acceptors (Lipinski definition) is 5. The van der Waals surface area contributed by atoms with Crippen molar-refractivity contribution in [3.63, 3.8) is 0 Å². The van der Waals surface area contributed by atoms with E-state index in [1.165, 1.54) is 0 Å². The largest absolute Gasteiger partial charge is 0.478 e. The summed E-state index contributed by atoms with van der Waals surface area (Å²) in [5.74, 6) is -1.09. The maximum Gasteiger partial charge on any atom is 0.337 e. The fourth-order valence-electron chi connectivity index (χ4n) is 2.10. The van der Waals surface area contributed by atoms with Gasteiger partial charge in [-0.05, 0) is 12.8 Å². The summed E-state index contributed by atoms with van der Waals surface area (Å²) < 4.78 is 0. The fraction of sp³-hybridized carbons (Fsp3) is 0.571. The number of anilines is 1. The number of nitrogens with one attached hydrogen (secondary N) is 1. The predicted octanol–water partition coefficient (Wildman–Crippen LogP) is 3.46. The van der Waals surface area contributed by atoms with Crippen LogP contribution in [0.1, 0.15) is 56.3 Å². The number of aromatic carboxylic acids is 1. The molecule has 1 rings (SSSR count). The van der Waals surface area contributed by atoms with Crippen molar-refractivity contribution in [1.82, 2.24) is 4.98 Å². The summed E-state index contributed by atoms with van der Waals surface area (Å²) in [6.07, 6.45) is 5.97. The first-order chi connectivity index (χ1) is 9.99. The van der Waals surface area contributed by atoms with Crippen molar-refractivity contribution in [2.75, 3.05) is 5.32 Å². The summed E-state index contributed by atoms with van der Waals surface area (Å²) in [6, 6.07) is 1.15. The molecule has 0 spiro atoms. The van der Waals surface area contributed by atoms with Gasteiger partial charge in [0, 0.05) is 18.3 Å². The van der Waals surface area contributed by atoms with E-state index in [0.717, 1.165) is 44.4 Å². The van der Waals surface area contributed by atoms with Crippen molar-refractivity contribution in [3.8, 4) is 0 Å². The molecule has 1 heterocycles. The first kappa shape index (κ1) is 16.9. The molecule has 116 valence electrons. The SMILES string of the molecule is CCCCC(CCC)Nc1ncc(C(=O)O)cc1[N+](=O)[O-]. The molecule has 0 aromatic carbocycles. The second-order valence-electron chi connectivity index (χ2n) is 4.93. The second-order valence-corrected chi connectivity index (χ2v) is 4.93. The van der Waals surface area contributed by atoms with Crippen LogP contribution < -0.4 is 5.32 Å². The van der Waals surface area contributed by atoms with Crippen molar-refractivity contribution >= 4 is 17.5 Å². The first-order valence-corrected chi connectivity index (χ1v) is 7.13. The Labute approximate surface area is 123 Å². The monoisotopic (exact) mass is 295 g/mol. The molecule has 0 amide bonds. The number of carboxylic acids is 1. The Morgan fingerprint density at radius 1 is 1.43 bits per heavy atom. The van der Waals surface area contributed by atoms with Gasteiger partial charge in [0.2, 0.25) is 5.82 Å². The second kappa shape index (κ2) is 8.18. The summed E-state index contributed by atoms with van der Waals surface area (Å²) in [5, 5.41) is 23.0. The van der Waals surface area contributed by atoms with Crippen LogP contribution in [0.4, 0.5) is 11.5 Å². The zero-order valence-corrected chi connectivity index (χ0v) is 12.3. The number of carboxylic acid groups (broad SMARTS) is 1. The molecule has 21 heavy (non-hydrogen) atoms. The quantitative estimate of drug-likeness (QED) is 0.534. The van der Waals surface area contributed by atoms with E-state index in [2.05, 4.69) is 24.1 Å². The Morgan fingerprint density at radius 2 is 2.14 bits per heavy atom. The van der Waals surface area contributed by atoms with Gasteiger partial charge < -0.3 is 10.4 Å². The Hall–Kier alpha value is -2.18. The summed E-state index contributed by atoms with van der Waals surface area (Å²) in [5.41, 5.74) is -0.486. The number of rotatable bonds is 9. The molecule has 0 aliphatic heterocycles. The number of hydrogen-bond donors (Lipinski definition) is 2. The lowest BCUT2D eigenvalue weighted by Crippen LogP contribution is -2.21. The predicted molar refractivity (Wildman–Crippen MR) is 79.7 cm³/mol. The third kappa shape index (κ3) is 5.02. The molecule has 0 aliphatic carbocycles. The van der Waals surface area contributed by atoms with Crippen LogP contribution in [-0.2, 0) is 0 Å². The van der Waals surface area contributed by atoms with Gasteiger partial charge in [-0.25, -0.2) is 9.78 Å². The summed E-state index contributed by atoms with van der Waals surface area (Å²) in [6.45, 7) is 4.14. The molecule has 0 bridgehead atoms. The molecule has 0 fully saturated rings. The first-order valence-electron chi connectivity index (χ1n) is 7.13. The summed E-state index contributed by atoms with van der Waals surface area (Å²) >= 11 is 0. The van der Waals surface area contributed by atoms with Gasteiger partial charge in [0.25, 0.3) is 0 Å². The Balaban J connectivity index is 2.99. The van der Waals surface area contributed by atoms with Crippen molar-refractivity contribution in [1.29, 1.82) is 0 Å². The highest BCUT2D eigenvalue weighted by Crippen LogP contribution is 2.25. The van der Waals surface area contributed by atoms with Crippen LogP contribution in [0.2, 0.25) is 0 Å². The molecular formula is C14H21N3O4. The molecule has 1 aromatic heterocycles. The molecule has 1 aromatic rings. The number of nitro groups is 1. The van der Waals surface area contributed by atoms with E-state index in [1.807, 2.05) is 0 Å². The van der Waals surface area contributed by atoms with E-state index in [-0.39, 0.29) is 23.1 Å². The van der Waals surface area contributed by atoms with Crippen LogP contribution >= 0.6 is 0 Å². The van der Waals surface area contributed by atoms with Crippen LogP contribution in [0.3, 0.4) is 0 Å². The number of nitrogens with zero attached hydrogens (tertiary/aromatic N) is 2. The lowest BCUT2D eigenvalue weighted by Gasteiger charge is -2.18. The number of carbonyl (C=O) groups is 1. The van der Waals surface area contributed by atoms with Crippen molar-refractivity contribution in [3.05, 3.63) is 27.9 Å². The van der Waals surface area contributed by atoms with Crippen LogP contribution in [0, 0.1) is 10.1 Å². The molecule has 0 saturated carbocycles. The molecule has 0 aliphatic rings. The Kier molecular flexibility index (Phi) is 6.58. The van der Waals surface area contributed by atoms with Gasteiger partial charge in [-0.15, -0.1) is 0 Å². The summed E-state index contributed by atoms with van der Waals surface area (Å²) in [4.78, 5) is 25.3. The highest BCUT2D eigenvalue weighted by atomic mass is 16.6. The van der Waals surface area contributed by atoms with E-state index < -0.39 is 10.9 Å². The fourth-order valence-corrected chi connectivity index (χ4v) is 2.10. The van der Waals surface area contributed by atoms with E-state index in [9.17, 15) is 14.9 Å². The molecule has 1 unspecified atom stereocenters. The molecular weight excluding hydrogens is 274 g/mol. The van der Waals surface area contributed by atoms with Gasteiger partial charge in [-0.3, -0.25) is 10.1 Å². The topological polar surface area (TPSA) is 105 Å². The van der Waals surface area contributed by atoms with Crippen LogP contribution in [-0.4, -0.2) is 27.0 Å². The molecule has 0 saturated heterocycles. The molecule has 0 radical (unpaired) electrons. The average Bonchev–Trinajstić information content (AvgIpc) is 2.44. The Bertz CT molecular complexity index is 505. The van der Waals surface area contributed by atoms with E-state index in [0.29, 0.717) is 0 Å². The molecule has 2 N–H and O–H groups in total. The van der Waals surface area contributed by atoms with E-state index in [4.69, 9.17) is 5.11 Å². The van der Waals surface area contributed by atoms with Crippen LogP contribution in [0.25, 0.3) is 0 Å². The van der Waals surface area contributed by atoms with Gasteiger partial charge >= 0.3 is 11.7 Å². The standard InChI is InChI=1S/C14H21N3O4/c1-3-5-7-11(6-4-2)16-13-12(17(20)21)8-10(9-15-13)14(18)19/h8-9,11H,3-7H2,1-2H3,(H,15,16)(H,18,19). The molecule has 1 atom stereocenters. The smallest absolute Gasteiger partial charge is 0.337 e. The maximum absolute atomic E-state index is 11.1. The van der Waals surface area contributed by atoms with Crippen LogP contribution in [0.15, 0.2) is 12.3 Å². The zero-order chi connectivity index (χ0) is 15.8. The highest BCUT2D eigenvalue weighted by molar-refractivity contribution is 5.88. The summed E-state index contributed by atoms with van der Waals surface area (Å²) in [7, 11) is 0. The van der Waals surface area contributed by atoms with Crippen molar-refractivity contribution in [2.24, 2.45) is 0 Å². The van der Waals surface area contributed by atoms with Crippen molar-refractivity contribution in [2.45, 2.75) is 52.0 Å². The number of unbranched alkanes of at least 4 members (excludes halogenated alkanes) is 1. The van der Waals surface area contributed by atoms with Gasteiger partial charge in [0.05, 0.1) is 10.5 Å². The number of aromatic nitrogens is 1. The van der Waals surface area contributed by atoms with Gasteiger partial charge in [0.1, 0.15) is 0 Å². The van der Waals surface area contributed by atoms with Crippen molar-refractivity contribution < 1.29 is 14.8 Å². The van der Waals surface area contributed by atoms with E-state index >= 15 is 0 Å². The normalized spacial score (nSPS) is 11.9. The third-order valence-corrected chi connectivity index (χ3v) is 3.20. The molecule has 7 heteroatoms. The minimum absolute atomic E-state index is 0.108. The van der Waals surface area contributed by atoms with Crippen LogP contribution in [0.5, 0.6) is 0 Å². The lowest BCUT2D eigenvalue weighted by atomic mass is 10.1. The maximum atomic E-state index is 11.1. The lowest BCUT2D eigenvalue weighted by molar-refractivity contribution is -0.384. The number of pyridine rings is 1. The zero-order valence-electron chi connectivity index (χ0n) is 12.3. The highest BCUT2D eigenvalue weighted by Gasteiger charge is 2.21. The van der Waals surface area contributed by atoms with Gasteiger partial charge in [-0.2, -0.15) is 0 Å². The minimum Gasteiger partial charge on any atom is -0.478 e.